The SMILES string of the molecule is CCCc1c(C)cc2ccccc2c1[NH+]1C=NC(Cl)=C1Cl.[Br-]. The highest BCUT2D eigenvalue weighted by molar-refractivity contribution is 6.39. The highest BCUT2D eigenvalue weighted by atomic mass is 79.9. The largest absolute Gasteiger partial charge is 1.00 e. The Labute approximate surface area is 151 Å². The van der Waals surface area contributed by atoms with Gasteiger partial charge in [0.1, 0.15) is 0 Å². The number of aryl methyl sites for hydroxylation is 1. The molecule has 1 unspecified atom stereocenters. The van der Waals surface area contributed by atoms with Crippen molar-refractivity contribution in [3.8, 4) is 0 Å². The van der Waals surface area contributed by atoms with Crippen molar-refractivity contribution in [3.63, 3.8) is 0 Å². The first-order valence-corrected chi connectivity index (χ1v) is 7.87. The average molecular weight is 400 g/mol. The number of nitrogens with one attached hydrogen (secondary N) is 1. The summed E-state index contributed by atoms with van der Waals surface area (Å²) in [6, 6.07) is 10.6. The van der Waals surface area contributed by atoms with Gasteiger partial charge in [-0.3, -0.25) is 0 Å². The van der Waals surface area contributed by atoms with Crippen LogP contribution in [0.1, 0.15) is 24.5 Å². The van der Waals surface area contributed by atoms with Gasteiger partial charge < -0.3 is 17.0 Å². The number of hydrogen-bond acceptors (Lipinski definition) is 1. The summed E-state index contributed by atoms with van der Waals surface area (Å²) in [6.07, 6.45) is 3.89. The Morgan fingerprint density at radius 2 is 1.91 bits per heavy atom. The van der Waals surface area contributed by atoms with Gasteiger partial charge in [0.05, 0.1) is 0 Å². The van der Waals surface area contributed by atoms with Crippen molar-refractivity contribution in [1.29, 1.82) is 0 Å². The molecule has 1 aliphatic rings. The molecule has 22 heavy (non-hydrogen) atoms. The Morgan fingerprint density at radius 3 is 2.55 bits per heavy atom. The Balaban J connectivity index is 0.00000176. The fourth-order valence-electron chi connectivity index (χ4n) is 2.93. The Hall–Kier alpha value is -0.870. The van der Waals surface area contributed by atoms with Crippen LogP contribution >= 0.6 is 23.2 Å². The molecule has 1 heterocycles. The number of nitrogens with zero attached hydrogens (tertiary/aromatic N) is 1. The van der Waals surface area contributed by atoms with E-state index >= 15 is 0 Å². The molecule has 116 valence electrons. The van der Waals surface area contributed by atoms with Gasteiger partial charge in [0.25, 0.3) is 0 Å². The number of aliphatic imine (C=N–C) groups is 1. The first-order chi connectivity index (χ1) is 10.1. The van der Waals surface area contributed by atoms with Crippen LogP contribution in [0.3, 0.4) is 0 Å². The number of benzene rings is 2. The van der Waals surface area contributed by atoms with E-state index in [4.69, 9.17) is 23.2 Å². The van der Waals surface area contributed by atoms with E-state index in [0.29, 0.717) is 10.3 Å². The van der Waals surface area contributed by atoms with Crippen LogP contribution in [-0.2, 0) is 6.42 Å². The van der Waals surface area contributed by atoms with Crippen molar-refractivity contribution in [1.82, 2.24) is 0 Å². The molecular formula is C17H17BrCl2N2. The molecule has 0 aliphatic carbocycles. The summed E-state index contributed by atoms with van der Waals surface area (Å²) in [4.78, 5) is 5.10. The third kappa shape index (κ3) is 2.95. The predicted molar refractivity (Wildman–Crippen MR) is 90.5 cm³/mol. The molecule has 1 aliphatic heterocycles. The number of fused-ring (bicyclic) bond motifs is 1. The minimum absolute atomic E-state index is 0. The molecule has 2 nitrogen and oxygen atoms in total. The van der Waals surface area contributed by atoms with Gasteiger partial charge in [-0.15, -0.1) is 0 Å². The molecule has 0 amide bonds. The molecule has 5 heteroatoms. The van der Waals surface area contributed by atoms with E-state index in [1.165, 1.54) is 27.6 Å². The van der Waals surface area contributed by atoms with Gasteiger partial charge >= 0.3 is 0 Å². The number of hydrogen-bond donors (Lipinski definition) is 1. The molecule has 0 aromatic heterocycles. The Morgan fingerprint density at radius 1 is 1.18 bits per heavy atom. The number of quaternary nitrogens is 1. The van der Waals surface area contributed by atoms with Gasteiger partial charge in [0, 0.05) is 10.9 Å². The molecule has 0 saturated carbocycles. The van der Waals surface area contributed by atoms with E-state index < -0.39 is 0 Å². The molecular weight excluding hydrogens is 383 g/mol. The molecule has 2 aromatic rings. The standard InChI is InChI=1S/C17H16Cl2N2.BrH/c1-3-6-13-11(2)9-12-7-4-5-8-14(12)15(13)21-10-20-16(18)17(21)19;/h4-5,7-10H,3,6H2,1-2H3;1H. The van der Waals surface area contributed by atoms with Gasteiger partial charge in [-0.25, -0.2) is 4.90 Å². The summed E-state index contributed by atoms with van der Waals surface area (Å²) < 4.78 is 0. The third-order valence-electron chi connectivity index (χ3n) is 3.87. The highest BCUT2D eigenvalue weighted by Crippen LogP contribution is 2.30. The van der Waals surface area contributed by atoms with Crippen molar-refractivity contribution in [2.75, 3.05) is 0 Å². The van der Waals surface area contributed by atoms with Gasteiger partial charge in [-0.2, -0.15) is 4.99 Å². The number of halogens is 3. The third-order valence-corrected chi connectivity index (χ3v) is 4.64. The molecule has 0 spiro atoms. The molecule has 0 saturated heterocycles. The fourth-order valence-corrected chi connectivity index (χ4v) is 3.27. The normalized spacial score (nSPS) is 17.2. The van der Waals surface area contributed by atoms with Crippen LogP contribution < -0.4 is 21.9 Å². The lowest BCUT2D eigenvalue weighted by Crippen LogP contribution is -3.02. The van der Waals surface area contributed by atoms with Crippen LogP contribution in [0.5, 0.6) is 0 Å². The maximum absolute atomic E-state index is 6.37. The fraction of sp³-hybridized carbons (Fsp3) is 0.235. The van der Waals surface area contributed by atoms with Crippen LogP contribution in [0.4, 0.5) is 5.69 Å². The van der Waals surface area contributed by atoms with Crippen molar-refractivity contribution < 1.29 is 21.9 Å². The lowest BCUT2D eigenvalue weighted by Gasteiger charge is -2.18. The molecule has 1 N–H and O–H groups in total. The quantitative estimate of drug-likeness (QED) is 0.748. The summed E-state index contributed by atoms with van der Waals surface area (Å²) in [7, 11) is 0. The van der Waals surface area contributed by atoms with Gasteiger partial charge in [0.15, 0.2) is 5.69 Å². The lowest BCUT2D eigenvalue weighted by atomic mass is 9.95. The van der Waals surface area contributed by atoms with E-state index in [0.717, 1.165) is 17.7 Å². The van der Waals surface area contributed by atoms with E-state index in [9.17, 15) is 0 Å². The smallest absolute Gasteiger partial charge is 0.249 e. The zero-order valence-corrected chi connectivity index (χ0v) is 15.6. The van der Waals surface area contributed by atoms with E-state index in [2.05, 4.69) is 49.2 Å². The zero-order valence-electron chi connectivity index (χ0n) is 12.5. The van der Waals surface area contributed by atoms with Crippen LogP contribution in [0.25, 0.3) is 10.8 Å². The molecule has 0 bridgehead atoms. The highest BCUT2D eigenvalue weighted by Gasteiger charge is 2.29. The molecule has 0 radical (unpaired) electrons. The minimum Gasteiger partial charge on any atom is -1.00 e. The molecule has 1 atom stereocenters. The maximum Gasteiger partial charge on any atom is 0.249 e. The lowest BCUT2D eigenvalue weighted by molar-refractivity contribution is -0.662. The summed E-state index contributed by atoms with van der Waals surface area (Å²) in [5.74, 6) is 0. The van der Waals surface area contributed by atoms with Gasteiger partial charge in [-0.1, -0.05) is 49.2 Å². The molecule has 0 fully saturated rings. The zero-order chi connectivity index (χ0) is 15.0. The first kappa shape index (κ1) is 17.5. The summed E-state index contributed by atoms with van der Waals surface area (Å²) in [5, 5.41) is 3.35. The minimum atomic E-state index is 0. The monoisotopic (exact) mass is 398 g/mol. The van der Waals surface area contributed by atoms with Crippen LogP contribution in [0.15, 0.2) is 45.6 Å². The molecule has 2 aromatic carbocycles. The maximum atomic E-state index is 6.37. The van der Waals surface area contributed by atoms with Crippen LogP contribution in [0.2, 0.25) is 0 Å². The molecule has 3 rings (SSSR count). The van der Waals surface area contributed by atoms with Gasteiger partial charge in [0.2, 0.25) is 16.7 Å². The van der Waals surface area contributed by atoms with E-state index in [-0.39, 0.29) is 17.0 Å². The summed E-state index contributed by atoms with van der Waals surface area (Å²) in [5.41, 5.74) is 3.80. The summed E-state index contributed by atoms with van der Waals surface area (Å²) >= 11 is 12.4. The van der Waals surface area contributed by atoms with Gasteiger partial charge in [-0.05, 0) is 42.0 Å². The second-order valence-electron chi connectivity index (χ2n) is 5.29. The Bertz CT molecular complexity index is 769. The first-order valence-electron chi connectivity index (χ1n) is 7.11. The number of rotatable bonds is 3. The van der Waals surface area contributed by atoms with E-state index in [1.54, 1.807) is 6.34 Å². The van der Waals surface area contributed by atoms with Crippen LogP contribution in [-0.4, -0.2) is 6.34 Å². The van der Waals surface area contributed by atoms with Crippen molar-refractivity contribution in [2.45, 2.75) is 26.7 Å². The van der Waals surface area contributed by atoms with E-state index in [1.807, 2.05) is 0 Å². The topological polar surface area (TPSA) is 16.8 Å². The second-order valence-corrected chi connectivity index (χ2v) is 6.03. The summed E-state index contributed by atoms with van der Waals surface area (Å²) in [6.45, 7) is 4.35. The van der Waals surface area contributed by atoms with Crippen molar-refractivity contribution >= 4 is 46.0 Å². The van der Waals surface area contributed by atoms with Crippen molar-refractivity contribution in [2.24, 2.45) is 4.99 Å². The Kier molecular flexibility index (Phi) is 5.67. The average Bonchev–Trinajstić information content (AvgIpc) is 2.80. The van der Waals surface area contributed by atoms with Crippen LogP contribution in [0, 0.1) is 6.92 Å². The predicted octanol–water partition coefficient (Wildman–Crippen LogP) is 1.27. The van der Waals surface area contributed by atoms with Crippen molar-refractivity contribution in [3.05, 3.63) is 51.8 Å². The second kappa shape index (κ2) is 7.14.